The molecule has 26 heavy (non-hydrogen) atoms. The molecule has 1 unspecified atom stereocenters. The molecule has 0 saturated carbocycles. The second-order valence-corrected chi connectivity index (χ2v) is 9.26. The molecule has 1 aliphatic rings. The van der Waals surface area contributed by atoms with E-state index < -0.39 is 10.0 Å². The predicted molar refractivity (Wildman–Crippen MR) is 105 cm³/mol. The maximum Gasteiger partial charge on any atom is 0.243 e. The van der Waals surface area contributed by atoms with E-state index in [0.717, 1.165) is 10.0 Å². The van der Waals surface area contributed by atoms with Gasteiger partial charge in [-0.1, -0.05) is 40.2 Å². The molecule has 1 heterocycles. The van der Waals surface area contributed by atoms with Gasteiger partial charge in [0.05, 0.1) is 10.8 Å². The summed E-state index contributed by atoms with van der Waals surface area (Å²) in [5.74, 6) is -0.504. The Labute approximate surface area is 162 Å². The monoisotopic (exact) mass is 436 g/mol. The molecule has 1 saturated heterocycles. The molecule has 0 bridgehead atoms. The van der Waals surface area contributed by atoms with Gasteiger partial charge in [0, 0.05) is 23.2 Å². The molecule has 0 aromatic heterocycles. The van der Waals surface area contributed by atoms with E-state index in [2.05, 4.69) is 21.2 Å². The summed E-state index contributed by atoms with van der Waals surface area (Å²) in [5.41, 5.74) is 1.79. The van der Waals surface area contributed by atoms with Crippen molar-refractivity contribution in [3.05, 3.63) is 58.6 Å². The van der Waals surface area contributed by atoms with Crippen molar-refractivity contribution >= 4 is 37.5 Å². The molecule has 2 aromatic carbocycles. The van der Waals surface area contributed by atoms with Gasteiger partial charge in [0.1, 0.15) is 0 Å². The van der Waals surface area contributed by atoms with Crippen molar-refractivity contribution in [3.8, 4) is 0 Å². The van der Waals surface area contributed by atoms with Crippen LogP contribution in [0, 0.1) is 12.8 Å². The Morgan fingerprint density at radius 3 is 2.62 bits per heavy atom. The number of piperidine rings is 1. The average molecular weight is 437 g/mol. The van der Waals surface area contributed by atoms with Crippen molar-refractivity contribution < 1.29 is 13.2 Å². The summed E-state index contributed by atoms with van der Waals surface area (Å²) in [4.78, 5) is 12.9. The topological polar surface area (TPSA) is 66.5 Å². The number of benzene rings is 2. The highest BCUT2D eigenvalue weighted by molar-refractivity contribution is 9.10. The number of nitrogens with one attached hydrogen (secondary N) is 1. The highest BCUT2D eigenvalue weighted by atomic mass is 79.9. The molecule has 7 heteroatoms. The minimum Gasteiger partial charge on any atom is -0.326 e. The molecule has 1 atom stereocenters. The molecule has 2 aromatic rings. The zero-order valence-electron chi connectivity index (χ0n) is 14.5. The minimum atomic E-state index is -3.57. The van der Waals surface area contributed by atoms with Crippen molar-refractivity contribution in [2.75, 3.05) is 18.4 Å². The van der Waals surface area contributed by atoms with E-state index in [1.807, 2.05) is 25.1 Å². The van der Waals surface area contributed by atoms with E-state index in [4.69, 9.17) is 0 Å². The van der Waals surface area contributed by atoms with Crippen molar-refractivity contribution in [2.45, 2.75) is 24.7 Å². The first-order valence-electron chi connectivity index (χ1n) is 8.50. The standard InChI is InChI=1S/C19H21BrN2O3S/c1-14-9-10-16(12-18(14)20)21-19(23)15-6-5-11-22(13-15)26(24,25)17-7-3-2-4-8-17/h2-4,7-10,12,15H,5-6,11,13H2,1H3,(H,21,23). The Balaban J connectivity index is 1.71. The quantitative estimate of drug-likeness (QED) is 0.792. The van der Waals surface area contributed by atoms with Gasteiger partial charge in [0.2, 0.25) is 15.9 Å². The fourth-order valence-corrected chi connectivity index (χ4v) is 4.95. The smallest absolute Gasteiger partial charge is 0.243 e. The van der Waals surface area contributed by atoms with Crippen LogP contribution in [0.4, 0.5) is 5.69 Å². The zero-order valence-corrected chi connectivity index (χ0v) is 16.9. The Bertz CT molecular complexity index is 900. The van der Waals surface area contributed by atoms with Crippen LogP contribution < -0.4 is 5.32 Å². The van der Waals surface area contributed by atoms with Gasteiger partial charge in [-0.3, -0.25) is 4.79 Å². The van der Waals surface area contributed by atoms with Gasteiger partial charge in [-0.2, -0.15) is 4.31 Å². The number of carbonyl (C=O) groups excluding carboxylic acids is 1. The van der Waals surface area contributed by atoms with Crippen LogP contribution in [0.15, 0.2) is 57.9 Å². The van der Waals surface area contributed by atoms with Crippen LogP contribution >= 0.6 is 15.9 Å². The van der Waals surface area contributed by atoms with Gasteiger partial charge in [-0.25, -0.2) is 8.42 Å². The van der Waals surface area contributed by atoms with E-state index >= 15 is 0 Å². The van der Waals surface area contributed by atoms with Crippen molar-refractivity contribution in [1.82, 2.24) is 4.31 Å². The molecule has 0 radical (unpaired) electrons. The van der Waals surface area contributed by atoms with Crippen LogP contribution in [0.1, 0.15) is 18.4 Å². The molecule has 1 amide bonds. The summed E-state index contributed by atoms with van der Waals surface area (Å²) >= 11 is 3.45. The molecule has 1 N–H and O–H groups in total. The Hall–Kier alpha value is -1.70. The summed E-state index contributed by atoms with van der Waals surface area (Å²) in [6.45, 7) is 2.62. The first-order chi connectivity index (χ1) is 12.4. The summed E-state index contributed by atoms with van der Waals surface area (Å²) in [6.07, 6.45) is 1.35. The Morgan fingerprint density at radius 2 is 1.92 bits per heavy atom. The molecule has 5 nitrogen and oxygen atoms in total. The second kappa shape index (κ2) is 7.90. The van der Waals surface area contributed by atoms with Gasteiger partial charge in [-0.15, -0.1) is 0 Å². The third-order valence-corrected chi connectivity index (χ3v) is 7.31. The van der Waals surface area contributed by atoms with Gasteiger partial charge < -0.3 is 5.32 Å². The first kappa shape index (κ1) is 19.1. The van der Waals surface area contributed by atoms with Crippen molar-refractivity contribution in [3.63, 3.8) is 0 Å². The normalized spacial score (nSPS) is 18.5. The highest BCUT2D eigenvalue weighted by Crippen LogP contribution is 2.26. The number of anilines is 1. The lowest BCUT2D eigenvalue weighted by Gasteiger charge is -2.31. The molecule has 3 rings (SSSR count). The maximum atomic E-state index is 12.8. The summed E-state index contributed by atoms with van der Waals surface area (Å²) < 4.78 is 27.9. The average Bonchev–Trinajstić information content (AvgIpc) is 2.65. The number of hydrogen-bond acceptors (Lipinski definition) is 3. The largest absolute Gasteiger partial charge is 0.326 e. The van der Waals surface area contributed by atoms with Crippen LogP contribution in [0.2, 0.25) is 0 Å². The number of carbonyl (C=O) groups is 1. The third-order valence-electron chi connectivity index (χ3n) is 4.58. The van der Waals surface area contributed by atoms with E-state index in [0.29, 0.717) is 25.1 Å². The van der Waals surface area contributed by atoms with Crippen LogP contribution in [-0.4, -0.2) is 31.7 Å². The van der Waals surface area contributed by atoms with E-state index in [1.165, 1.54) is 4.31 Å². The molecular weight excluding hydrogens is 416 g/mol. The zero-order chi connectivity index (χ0) is 18.7. The molecule has 0 spiro atoms. The molecule has 138 valence electrons. The lowest BCUT2D eigenvalue weighted by atomic mass is 9.98. The van der Waals surface area contributed by atoms with Gasteiger partial charge in [-0.05, 0) is 49.6 Å². The van der Waals surface area contributed by atoms with Crippen LogP contribution in [0.5, 0.6) is 0 Å². The van der Waals surface area contributed by atoms with Crippen LogP contribution in [0.3, 0.4) is 0 Å². The predicted octanol–water partition coefficient (Wildman–Crippen LogP) is 3.80. The first-order valence-corrected chi connectivity index (χ1v) is 10.7. The van der Waals surface area contributed by atoms with E-state index in [1.54, 1.807) is 30.3 Å². The van der Waals surface area contributed by atoms with Gasteiger partial charge in [0.25, 0.3) is 0 Å². The van der Waals surface area contributed by atoms with E-state index in [-0.39, 0.29) is 23.3 Å². The fourth-order valence-electron chi connectivity index (χ4n) is 3.03. The number of aryl methyl sites for hydroxylation is 1. The lowest BCUT2D eigenvalue weighted by Crippen LogP contribution is -2.43. The number of sulfonamides is 1. The third kappa shape index (κ3) is 4.16. The van der Waals surface area contributed by atoms with Gasteiger partial charge >= 0.3 is 0 Å². The minimum absolute atomic E-state index is 0.145. The number of nitrogens with zero attached hydrogens (tertiary/aromatic N) is 1. The highest BCUT2D eigenvalue weighted by Gasteiger charge is 2.33. The van der Waals surface area contributed by atoms with Crippen LogP contribution in [-0.2, 0) is 14.8 Å². The maximum absolute atomic E-state index is 12.8. The SMILES string of the molecule is Cc1ccc(NC(=O)C2CCCN(S(=O)(=O)c3ccccc3)C2)cc1Br. The molecule has 0 aliphatic carbocycles. The van der Waals surface area contributed by atoms with Crippen molar-refractivity contribution in [2.24, 2.45) is 5.92 Å². The number of amides is 1. The van der Waals surface area contributed by atoms with Crippen LogP contribution in [0.25, 0.3) is 0 Å². The van der Waals surface area contributed by atoms with Crippen molar-refractivity contribution in [1.29, 1.82) is 0 Å². The molecule has 1 fully saturated rings. The number of hydrogen-bond donors (Lipinski definition) is 1. The Kier molecular flexibility index (Phi) is 5.79. The van der Waals surface area contributed by atoms with E-state index in [9.17, 15) is 13.2 Å². The summed E-state index contributed by atoms with van der Waals surface area (Å²) in [5, 5.41) is 2.90. The molecule has 1 aliphatic heterocycles. The number of rotatable bonds is 4. The fraction of sp³-hybridized carbons (Fsp3) is 0.316. The molecular formula is C19H21BrN2O3S. The Morgan fingerprint density at radius 1 is 1.19 bits per heavy atom. The second-order valence-electron chi connectivity index (χ2n) is 6.47. The summed E-state index contributed by atoms with van der Waals surface area (Å²) in [6, 6.07) is 14.0. The lowest BCUT2D eigenvalue weighted by molar-refractivity contribution is -0.120. The van der Waals surface area contributed by atoms with Gasteiger partial charge in [0.15, 0.2) is 0 Å². The number of halogens is 1. The summed E-state index contributed by atoms with van der Waals surface area (Å²) in [7, 11) is -3.57.